The van der Waals surface area contributed by atoms with Gasteiger partial charge in [-0.05, 0) is 46.5 Å². The van der Waals surface area contributed by atoms with Crippen LogP contribution in [0.5, 0.6) is 0 Å². The van der Waals surface area contributed by atoms with Gasteiger partial charge < -0.3 is 5.32 Å². The smallest absolute Gasteiger partial charge is 0.252 e. The van der Waals surface area contributed by atoms with Crippen molar-refractivity contribution >= 4 is 31.9 Å². The van der Waals surface area contributed by atoms with Gasteiger partial charge in [-0.25, -0.2) is 13.6 Å². The van der Waals surface area contributed by atoms with Gasteiger partial charge in [0.15, 0.2) is 0 Å². The largest absolute Gasteiger partial charge is 0.349 e. The van der Waals surface area contributed by atoms with E-state index in [0.29, 0.717) is 4.47 Å². The van der Waals surface area contributed by atoms with E-state index in [1.807, 2.05) is 27.7 Å². The maximum atomic E-state index is 12.2. The molecule has 1 unspecified atom stereocenters. The average Bonchev–Trinajstić information content (AvgIpc) is 2.26. The summed E-state index contributed by atoms with van der Waals surface area (Å²) in [5.74, 6) is -0.343. The molecular weight excluding hydrogens is 344 g/mol. The first-order valence-corrected chi connectivity index (χ1v) is 8.40. The normalized spacial score (nSPS) is 13.9. The number of nitrogens with one attached hydrogen (secondary N) is 1. The van der Waals surface area contributed by atoms with Crippen molar-refractivity contribution in [1.82, 2.24) is 5.32 Å². The topological polar surface area (TPSA) is 89.3 Å². The highest BCUT2D eigenvalue weighted by Crippen LogP contribution is 2.23. The first-order chi connectivity index (χ1) is 8.93. The van der Waals surface area contributed by atoms with Gasteiger partial charge in [-0.1, -0.05) is 20.8 Å². The Morgan fingerprint density at radius 1 is 1.35 bits per heavy atom. The zero-order valence-electron chi connectivity index (χ0n) is 11.9. The number of halogens is 1. The van der Waals surface area contributed by atoms with Crippen molar-refractivity contribution in [2.75, 3.05) is 0 Å². The molecule has 1 amide bonds. The molecule has 3 N–H and O–H groups in total. The van der Waals surface area contributed by atoms with E-state index in [1.54, 1.807) is 0 Å². The Balaban J connectivity index is 3.11. The SMILES string of the molecule is CC(NC(=O)c1cc(S(N)(=O)=O)ccc1Br)C(C)(C)C. The first kappa shape index (κ1) is 17.1. The molecule has 0 aliphatic rings. The van der Waals surface area contributed by atoms with Gasteiger partial charge in [-0.15, -0.1) is 0 Å². The number of benzene rings is 1. The van der Waals surface area contributed by atoms with Gasteiger partial charge in [0.2, 0.25) is 10.0 Å². The maximum Gasteiger partial charge on any atom is 0.252 e. The average molecular weight is 363 g/mol. The lowest BCUT2D eigenvalue weighted by Gasteiger charge is -2.28. The maximum absolute atomic E-state index is 12.2. The Labute approximate surface area is 128 Å². The van der Waals surface area contributed by atoms with Crippen LogP contribution < -0.4 is 10.5 Å². The van der Waals surface area contributed by atoms with E-state index in [4.69, 9.17) is 5.14 Å². The number of carbonyl (C=O) groups excluding carboxylic acids is 1. The molecule has 0 aromatic heterocycles. The van der Waals surface area contributed by atoms with Crippen LogP contribution in [0.2, 0.25) is 0 Å². The number of hydrogen-bond donors (Lipinski definition) is 2. The molecule has 0 spiro atoms. The Kier molecular flexibility index (Phi) is 4.99. The number of primary sulfonamides is 1. The summed E-state index contributed by atoms with van der Waals surface area (Å²) in [5.41, 5.74) is 0.146. The molecule has 1 aromatic carbocycles. The van der Waals surface area contributed by atoms with Crippen molar-refractivity contribution in [3.63, 3.8) is 0 Å². The highest BCUT2D eigenvalue weighted by Gasteiger charge is 2.23. The number of amides is 1. The lowest BCUT2D eigenvalue weighted by Crippen LogP contribution is -2.41. The minimum Gasteiger partial charge on any atom is -0.349 e. The summed E-state index contributed by atoms with van der Waals surface area (Å²) in [5, 5.41) is 7.92. The molecule has 112 valence electrons. The third-order valence-corrected chi connectivity index (χ3v) is 4.76. The van der Waals surface area contributed by atoms with Crippen molar-refractivity contribution in [2.45, 2.75) is 38.6 Å². The fraction of sp³-hybridized carbons (Fsp3) is 0.462. The third-order valence-electron chi connectivity index (χ3n) is 3.16. The summed E-state index contributed by atoms with van der Waals surface area (Å²) in [6.45, 7) is 7.92. The summed E-state index contributed by atoms with van der Waals surface area (Å²) < 4.78 is 23.2. The van der Waals surface area contributed by atoms with Crippen LogP contribution in [0.15, 0.2) is 27.6 Å². The van der Waals surface area contributed by atoms with Crippen LogP contribution in [0, 0.1) is 5.41 Å². The minimum atomic E-state index is -3.83. The van der Waals surface area contributed by atoms with Crippen LogP contribution >= 0.6 is 15.9 Å². The van der Waals surface area contributed by atoms with E-state index in [0.717, 1.165) is 0 Å². The van der Waals surface area contributed by atoms with Gasteiger partial charge in [0, 0.05) is 10.5 Å². The van der Waals surface area contributed by atoms with Crippen LogP contribution in [0.1, 0.15) is 38.1 Å². The van der Waals surface area contributed by atoms with Crippen LogP contribution in [-0.2, 0) is 10.0 Å². The molecular formula is C13H19BrN2O3S. The highest BCUT2D eigenvalue weighted by atomic mass is 79.9. The number of carbonyl (C=O) groups is 1. The van der Waals surface area contributed by atoms with Crippen molar-refractivity contribution in [1.29, 1.82) is 0 Å². The lowest BCUT2D eigenvalue weighted by molar-refractivity contribution is 0.0909. The minimum absolute atomic E-state index is 0.0694. The third kappa shape index (κ3) is 4.29. The summed E-state index contributed by atoms with van der Waals surface area (Å²) in [6.07, 6.45) is 0. The molecule has 5 nitrogen and oxygen atoms in total. The zero-order chi connectivity index (χ0) is 15.7. The Hall–Kier alpha value is -0.920. The van der Waals surface area contributed by atoms with Crippen molar-refractivity contribution in [3.8, 4) is 0 Å². The quantitative estimate of drug-likeness (QED) is 0.863. The van der Waals surface area contributed by atoms with E-state index in [9.17, 15) is 13.2 Å². The van der Waals surface area contributed by atoms with Gasteiger partial charge in [0.25, 0.3) is 5.91 Å². The van der Waals surface area contributed by atoms with E-state index < -0.39 is 10.0 Å². The van der Waals surface area contributed by atoms with E-state index in [2.05, 4.69) is 21.2 Å². The zero-order valence-corrected chi connectivity index (χ0v) is 14.3. The molecule has 0 aliphatic carbocycles. The summed E-state index contributed by atoms with van der Waals surface area (Å²) >= 11 is 3.24. The summed E-state index contributed by atoms with van der Waals surface area (Å²) in [4.78, 5) is 12.1. The molecule has 0 saturated heterocycles. The molecule has 0 radical (unpaired) electrons. The molecule has 7 heteroatoms. The number of hydrogen-bond acceptors (Lipinski definition) is 3. The molecule has 1 aromatic rings. The van der Waals surface area contributed by atoms with E-state index in [1.165, 1.54) is 18.2 Å². The molecule has 1 rings (SSSR count). The fourth-order valence-corrected chi connectivity index (χ4v) is 2.31. The Bertz CT molecular complexity index is 621. The predicted octanol–water partition coefficient (Wildman–Crippen LogP) is 2.26. The first-order valence-electron chi connectivity index (χ1n) is 6.06. The van der Waals surface area contributed by atoms with Crippen LogP contribution in [0.25, 0.3) is 0 Å². The van der Waals surface area contributed by atoms with Crippen LogP contribution in [0.3, 0.4) is 0 Å². The van der Waals surface area contributed by atoms with Gasteiger partial charge in [0.05, 0.1) is 10.5 Å². The monoisotopic (exact) mass is 362 g/mol. The van der Waals surface area contributed by atoms with Crippen molar-refractivity contribution in [3.05, 3.63) is 28.2 Å². The molecule has 0 bridgehead atoms. The van der Waals surface area contributed by atoms with E-state index in [-0.39, 0.29) is 27.8 Å². The van der Waals surface area contributed by atoms with Crippen LogP contribution in [0.4, 0.5) is 0 Å². The number of sulfonamides is 1. The number of rotatable bonds is 3. The van der Waals surface area contributed by atoms with Gasteiger partial charge in [0.1, 0.15) is 0 Å². The summed E-state index contributed by atoms with van der Waals surface area (Å²) in [7, 11) is -3.83. The van der Waals surface area contributed by atoms with Gasteiger partial charge >= 0.3 is 0 Å². The fourth-order valence-electron chi connectivity index (χ4n) is 1.35. The second-order valence-electron chi connectivity index (χ2n) is 5.75. The molecule has 20 heavy (non-hydrogen) atoms. The van der Waals surface area contributed by atoms with Crippen LogP contribution in [-0.4, -0.2) is 20.4 Å². The molecule has 0 aliphatic heterocycles. The Morgan fingerprint density at radius 3 is 2.35 bits per heavy atom. The Morgan fingerprint density at radius 2 is 1.90 bits per heavy atom. The standard InChI is InChI=1S/C13H19BrN2O3S/c1-8(13(2,3)4)16-12(17)10-7-9(20(15,18)19)5-6-11(10)14/h5-8H,1-4H3,(H,16,17)(H2,15,18,19). The second-order valence-corrected chi connectivity index (χ2v) is 8.16. The number of nitrogens with two attached hydrogens (primary N) is 1. The van der Waals surface area contributed by atoms with Crippen molar-refractivity contribution in [2.24, 2.45) is 10.6 Å². The second kappa shape index (κ2) is 5.83. The molecule has 0 fully saturated rings. The molecule has 0 heterocycles. The predicted molar refractivity (Wildman–Crippen MR) is 81.9 cm³/mol. The molecule has 0 saturated carbocycles. The summed E-state index contributed by atoms with van der Waals surface area (Å²) in [6, 6.07) is 4.05. The van der Waals surface area contributed by atoms with Crippen molar-refractivity contribution < 1.29 is 13.2 Å². The lowest BCUT2D eigenvalue weighted by atomic mass is 9.88. The highest BCUT2D eigenvalue weighted by molar-refractivity contribution is 9.10. The van der Waals surface area contributed by atoms with E-state index >= 15 is 0 Å². The van der Waals surface area contributed by atoms with Gasteiger partial charge in [-0.3, -0.25) is 4.79 Å². The molecule has 1 atom stereocenters. The van der Waals surface area contributed by atoms with Gasteiger partial charge in [-0.2, -0.15) is 0 Å².